The summed E-state index contributed by atoms with van der Waals surface area (Å²) in [5.74, 6) is -0.152. The molecule has 2 fully saturated rings. The van der Waals surface area contributed by atoms with Crippen molar-refractivity contribution in [2.45, 2.75) is 38.4 Å². The number of hydrogen-bond acceptors (Lipinski definition) is 4. The Morgan fingerprint density at radius 2 is 2.40 bits per heavy atom. The second-order valence-corrected chi connectivity index (χ2v) is 4.20. The zero-order valence-corrected chi connectivity index (χ0v) is 8.60. The molecule has 0 aromatic carbocycles. The third-order valence-electron chi connectivity index (χ3n) is 3.01. The van der Waals surface area contributed by atoms with Gasteiger partial charge in [0.2, 0.25) is 0 Å². The van der Waals surface area contributed by atoms with Gasteiger partial charge in [0.05, 0.1) is 12.5 Å². The van der Waals surface area contributed by atoms with E-state index >= 15 is 0 Å². The Balaban J connectivity index is 2.13. The van der Waals surface area contributed by atoms with Crippen molar-refractivity contribution >= 4 is 11.8 Å². The van der Waals surface area contributed by atoms with Crippen LogP contribution in [0.25, 0.3) is 0 Å². The molecule has 0 aromatic heterocycles. The van der Waals surface area contributed by atoms with Gasteiger partial charge in [0.25, 0.3) is 0 Å². The van der Waals surface area contributed by atoms with Gasteiger partial charge in [-0.25, -0.2) is 0 Å². The summed E-state index contributed by atoms with van der Waals surface area (Å²) in [6.45, 7) is 1.51. The van der Waals surface area contributed by atoms with E-state index in [0.29, 0.717) is 19.3 Å². The predicted molar refractivity (Wildman–Crippen MR) is 52.0 cm³/mol. The number of aliphatic hydroxyl groups excluding tert-OH is 1. The van der Waals surface area contributed by atoms with Gasteiger partial charge >= 0.3 is 5.97 Å². The largest absolute Gasteiger partial charge is 0.462 e. The van der Waals surface area contributed by atoms with Crippen LogP contribution in [0.2, 0.25) is 0 Å². The second-order valence-electron chi connectivity index (χ2n) is 4.20. The van der Waals surface area contributed by atoms with Gasteiger partial charge in [-0.15, -0.1) is 0 Å². The Morgan fingerprint density at radius 3 is 3.07 bits per heavy atom. The zero-order chi connectivity index (χ0) is 11.0. The molecule has 0 aromatic rings. The van der Waals surface area contributed by atoms with Crippen molar-refractivity contribution in [2.24, 2.45) is 5.92 Å². The van der Waals surface area contributed by atoms with Gasteiger partial charge in [-0.2, -0.15) is 0 Å². The summed E-state index contributed by atoms with van der Waals surface area (Å²) in [5.41, 5.74) is 0.807. The number of rotatable bonds is 2. The first-order valence-corrected chi connectivity index (χ1v) is 5.15. The number of fused-ring (bicyclic) bond motifs is 1. The van der Waals surface area contributed by atoms with E-state index in [-0.39, 0.29) is 23.8 Å². The molecule has 0 unspecified atom stereocenters. The fourth-order valence-corrected chi connectivity index (χ4v) is 2.31. The number of ether oxygens (including phenoxy) is 1. The lowest BCUT2D eigenvalue weighted by Crippen LogP contribution is -2.09. The van der Waals surface area contributed by atoms with Crippen LogP contribution in [0.5, 0.6) is 0 Å². The molecule has 0 amide bonds. The molecule has 1 heterocycles. The number of carbonyl (C=O) groups excluding carboxylic acids is 2. The van der Waals surface area contributed by atoms with Crippen LogP contribution in [0.4, 0.5) is 0 Å². The average Bonchev–Trinajstić information content (AvgIpc) is 2.57. The average molecular weight is 210 g/mol. The molecule has 82 valence electrons. The van der Waals surface area contributed by atoms with Gasteiger partial charge < -0.3 is 9.84 Å². The highest BCUT2D eigenvalue weighted by molar-refractivity contribution is 5.77. The normalized spacial score (nSPS) is 36.8. The Labute approximate surface area is 87.9 Å². The minimum atomic E-state index is -0.549. The molecular formula is C11H14O4. The molecule has 4 heteroatoms. The maximum Gasteiger partial charge on any atom is 0.306 e. The Bertz CT molecular complexity index is 331. The third kappa shape index (κ3) is 1.95. The SMILES string of the molecule is CC(=O)CC=C1[C@H](O)C[C@@H]2OC(=O)C[C@H]12. The van der Waals surface area contributed by atoms with Gasteiger partial charge in [0.15, 0.2) is 0 Å². The predicted octanol–water partition coefficient (Wildman–Crippen LogP) is 0.588. The van der Waals surface area contributed by atoms with E-state index < -0.39 is 6.10 Å². The first kappa shape index (κ1) is 10.4. The number of ketones is 1. The molecule has 1 aliphatic heterocycles. The summed E-state index contributed by atoms with van der Waals surface area (Å²) in [6, 6.07) is 0. The molecule has 1 saturated heterocycles. The van der Waals surface area contributed by atoms with Gasteiger partial charge in [-0.1, -0.05) is 6.08 Å². The Kier molecular flexibility index (Phi) is 2.61. The van der Waals surface area contributed by atoms with E-state index in [2.05, 4.69) is 0 Å². The van der Waals surface area contributed by atoms with Crippen LogP contribution in [0.1, 0.15) is 26.2 Å². The fraction of sp³-hybridized carbons (Fsp3) is 0.636. The molecule has 1 saturated carbocycles. The zero-order valence-electron chi connectivity index (χ0n) is 8.60. The van der Waals surface area contributed by atoms with Gasteiger partial charge in [-0.3, -0.25) is 9.59 Å². The van der Waals surface area contributed by atoms with Crippen LogP contribution in [0.15, 0.2) is 11.6 Å². The molecule has 2 aliphatic rings. The summed E-state index contributed by atoms with van der Waals surface area (Å²) in [7, 11) is 0. The van der Waals surface area contributed by atoms with Crippen LogP contribution in [-0.2, 0) is 14.3 Å². The van der Waals surface area contributed by atoms with Crippen molar-refractivity contribution in [3.05, 3.63) is 11.6 Å². The van der Waals surface area contributed by atoms with Crippen molar-refractivity contribution in [1.82, 2.24) is 0 Å². The van der Waals surface area contributed by atoms with E-state index in [9.17, 15) is 14.7 Å². The molecule has 1 N–H and O–H groups in total. The summed E-state index contributed by atoms with van der Waals surface area (Å²) in [4.78, 5) is 21.9. The van der Waals surface area contributed by atoms with Crippen molar-refractivity contribution in [2.75, 3.05) is 0 Å². The highest BCUT2D eigenvalue weighted by Crippen LogP contribution is 2.40. The molecule has 4 nitrogen and oxygen atoms in total. The minimum Gasteiger partial charge on any atom is -0.462 e. The van der Waals surface area contributed by atoms with Crippen LogP contribution in [-0.4, -0.2) is 29.1 Å². The van der Waals surface area contributed by atoms with Crippen molar-refractivity contribution < 1.29 is 19.4 Å². The number of carbonyl (C=O) groups is 2. The van der Waals surface area contributed by atoms with Crippen molar-refractivity contribution in [3.63, 3.8) is 0 Å². The lowest BCUT2D eigenvalue weighted by Gasteiger charge is -2.08. The smallest absolute Gasteiger partial charge is 0.306 e. The highest BCUT2D eigenvalue weighted by Gasteiger charge is 2.45. The lowest BCUT2D eigenvalue weighted by molar-refractivity contribution is -0.141. The molecule has 0 spiro atoms. The van der Waals surface area contributed by atoms with Crippen LogP contribution in [0.3, 0.4) is 0 Å². The molecule has 2 rings (SSSR count). The Morgan fingerprint density at radius 1 is 1.67 bits per heavy atom. The van der Waals surface area contributed by atoms with Crippen molar-refractivity contribution in [1.29, 1.82) is 0 Å². The lowest BCUT2D eigenvalue weighted by atomic mass is 9.97. The summed E-state index contributed by atoms with van der Waals surface area (Å²) >= 11 is 0. The first-order chi connectivity index (χ1) is 7.08. The summed E-state index contributed by atoms with van der Waals surface area (Å²) in [5, 5.41) is 9.72. The maximum absolute atomic E-state index is 11.0. The van der Waals surface area contributed by atoms with Gasteiger partial charge in [-0.05, 0) is 12.5 Å². The molecule has 0 bridgehead atoms. The molecular weight excluding hydrogens is 196 g/mol. The van der Waals surface area contributed by atoms with E-state index in [1.165, 1.54) is 6.92 Å². The maximum atomic E-state index is 11.0. The number of allylic oxidation sites excluding steroid dienone is 1. The highest BCUT2D eigenvalue weighted by atomic mass is 16.6. The van der Waals surface area contributed by atoms with Crippen LogP contribution >= 0.6 is 0 Å². The van der Waals surface area contributed by atoms with E-state index in [1.807, 2.05) is 0 Å². The van der Waals surface area contributed by atoms with Gasteiger partial charge in [0.1, 0.15) is 11.9 Å². The number of Topliss-reactive ketones (excluding diaryl/α,β-unsaturated/α-hetero) is 1. The van der Waals surface area contributed by atoms with E-state index in [1.54, 1.807) is 6.08 Å². The topological polar surface area (TPSA) is 63.6 Å². The second kappa shape index (κ2) is 3.77. The number of esters is 1. The summed E-state index contributed by atoms with van der Waals surface area (Å²) in [6.07, 6.45) is 2.16. The van der Waals surface area contributed by atoms with E-state index in [4.69, 9.17) is 4.74 Å². The summed E-state index contributed by atoms with van der Waals surface area (Å²) < 4.78 is 5.07. The monoisotopic (exact) mass is 210 g/mol. The molecule has 1 aliphatic carbocycles. The fourth-order valence-electron chi connectivity index (χ4n) is 2.31. The van der Waals surface area contributed by atoms with Gasteiger partial charge in [0, 0.05) is 18.8 Å². The number of aliphatic hydroxyl groups is 1. The Hall–Kier alpha value is -1.16. The number of hydrogen-bond donors (Lipinski definition) is 1. The first-order valence-electron chi connectivity index (χ1n) is 5.15. The van der Waals surface area contributed by atoms with Crippen molar-refractivity contribution in [3.8, 4) is 0 Å². The third-order valence-corrected chi connectivity index (χ3v) is 3.01. The minimum absolute atomic E-state index is 0.00755. The molecule has 0 radical (unpaired) electrons. The van der Waals surface area contributed by atoms with E-state index in [0.717, 1.165) is 5.57 Å². The van der Waals surface area contributed by atoms with Crippen LogP contribution < -0.4 is 0 Å². The molecule has 3 atom stereocenters. The van der Waals surface area contributed by atoms with Crippen LogP contribution in [0, 0.1) is 5.92 Å². The molecule has 15 heavy (non-hydrogen) atoms. The standard InChI is InChI=1S/C11H14O4/c1-6(12)2-3-7-8-4-11(14)15-10(8)5-9(7)13/h3,8-10,13H,2,4-5H2,1H3/t8-,9-,10+/m1/s1. The quantitative estimate of drug-likeness (QED) is 0.535.